The summed E-state index contributed by atoms with van der Waals surface area (Å²) in [6, 6.07) is 11.4. The van der Waals surface area contributed by atoms with Crippen LogP contribution in [0.3, 0.4) is 0 Å². The predicted molar refractivity (Wildman–Crippen MR) is 102 cm³/mol. The normalized spacial score (nSPS) is 20.2. The van der Waals surface area contributed by atoms with Crippen LogP contribution in [0, 0.1) is 5.82 Å². The molecule has 1 aliphatic rings. The van der Waals surface area contributed by atoms with E-state index in [4.69, 9.17) is 16.3 Å². The van der Waals surface area contributed by atoms with E-state index in [1.54, 1.807) is 31.2 Å². The Kier molecular flexibility index (Phi) is 5.86. The van der Waals surface area contributed by atoms with Crippen LogP contribution in [0.1, 0.15) is 18.9 Å². The molecule has 148 valence electrons. The zero-order valence-corrected chi connectivity index (χ0v) is 15.9. The minimum atomic E-state index is -1.28. The summed E-state index contributed by atoms with van der Waals surface area (Å²) in [7, 11) is 0. The third-order valence-electron chi connectivity index (χ3n) is 4.69. The molecule has 1 saturated heterocycles. The van der Waals surface area contributed by atoms with Crippen molar-refractivity contribution in [1.29, 1.82) is 0 Å². The molecule has 0 radical (unpaired) electrons. The number of nitrogens with zero attached hydrogens (tertiary/aromatic N) is 1. The highest BCUT2D eigenvalue weighted by molar-refractivity contribution is 6.30. The van der Waals surface area contributed by atoms with Crippen molar-refractivity contribution < 1.29 is 23.8 Å². The molecule has 2 aromatic rings. The zero-order chi connectivity index (χ0) is 20.3. The summed E-state index contributed by atoms with van der Waals surface area (Å²) in [5, 5.41) is 13.5. The van der Waals surface area contributed by atoms with Crippen molar-refractivity contribution in [3.05, 3.63) is 64.9 Å². The Bertz CT molecular complexity index is 860. The number of ether oxygens (including phenoxy) is 1. The van der Waals surface area contributed by atoms with Gasteiger partial charge in [0.25, 0.3) is 5.91 Å². The van der Waals surface area contributed by atoms with Crippen molar-refractivity contribution in [3.8, 4) is 5.75 Å². The van der Waals surface area contributed by atoms with Gasteiger partial charge in [-0.25, -0.2) is 9.18 Å². The molecule has 2 aromatic carbocycles. The first-order valence-electron chi connectivity index (χ1n) is 8.82. The first-order valence-corrected chi connectivity index (χ1v) is 9.20. The molecule has 0 bridgehead atoms. The standard InChI is InChI=1S/C20H20ClFN2O4/c1-2-20(13-3-7-15(22)8-4-13)18(26)24(19(27)23-20)11-16(25)12-28-17-9-5-14(21)6-10-17/h3-10,16,25H,2,11-12H2,1H3,(H,23,27)/t16?,20-/m1/s1. The number of β-amino-alcohol motifs (C(OH)–C–C–N with tert-alkyl or cyclic N) is 1. The predicted octanol–water partition coefficient (Wildman–Crippen LogP) is 3.08. The molecule has 28 heavy (non-hydrogen) atoms. The molecule has 3 amide bonds. The Hall–Kier alpha value is -2.64. The van der Waals surface area contributed by atoms with Gasteiger partial charge in [0.05, 0.1) is 6.54 Å². The van der Waals surface area contributed by atoms with Crippen LogP contribution < -0.4 is 10.1 Å². The van der Waals surface area contributed by atoms with Crippen LogP contribution in [0.25, 0.3) is 0 Å². The molecule has 1 heterocycles. The zero-order valence-electron chi connectivity index (χ0n) is 15.2. The van der Waals surface area contributed by atoms with E-state index in [-0.39, 0.29) is 19.6 Å². The summed E-state index contributed by atoms with van der Waals surface area (Å²) in [5.74, 6) is -0.412. The fourth-order valence-electron chi connectivity index (χ4n) is 3.15. The Morgan fingerprint density at radius 3 is 2.43 bits per heavy atom. The molecule has 0 aromatic heterocycles. The Morgan fingerprint density at radius 1 is 1.18 bits per heavy atom. The molecule has 1 fully saturated rings. The van der Waals surface area contributed by atoms with Crippen LogP contribution >= 0.6 is 11.6 Å². The monoisotopic (exact) mass is 406 g/mol. The van der Waals surface area contributed by atoms with Crippen molar-refractivity contribution in [2.75, 3.05) is 13.2 Å². The summed E-state index contributed by atoms with van der Waals surface area (Å²) in [4.78, 5) is 26.3. The summed E-state index contributed by atoms with van der Waals surface area (Å²) in [5.41, 5.74) is -0.786. The number of imide groups is 1. The first-order chi connectivity index (χ1) is 13.4. The number of nitrogens with one attached hydrogen (secondary N) is 1. The van der Waals surface area contributed by atoms with Crippen LogP contribution in [0.15, 0.2) is 48.5 Å². The third kappa shape index (κ3) is 3.95. The molecule has 6 nitrogen and oxygen atoms in total. The minimum absolute atomic E-state index is 0.103. The summed E-state index contributed by atoms with van der Waals surface area (Å²) in [6.45, 7) is 1.43. The average Bonchev–Trinajstić information content (AvgIpc) is 2.93. The molecule has 2 N–H and O–H groups in total. The first kappa shape index (κ1) is 20.1. The van der Waals surface area contributed by atoms with E-state index in [0.29, 0.717) is 16.3 Å². The van der Waals surface area contributed by atoms with Crippen LogP contribution in [0.2, 0.25) is 5.02 Å². The maximum Gasteiger partial charge on any atom is 0.325 e. The van der Waals surface area contributed by atoms with E-state index in [1.165, 1.54) is 24.3 Å². The van der Waals surface area contributed by atoms with E-state index < -0.39 is 29.4 Å². The topological polar surface area (TPSA) is 78.9 Å². The highest BCUT2D eigenvalue weighted by Crippen LogP contribution is 2.32. The number of hydrogen-bond acceptors (Lipinski definition) is 4. The van der Waals surface area contributed by atoms with Gasteiger partial charge in [0.15, 0.2) is 0 Å². The lowest BCUT2D eigenvalue weighted by Crippen LogP contribution is -2.44. The number of aliphatic hydroxyl groups is 1. The van der Waals surface area contributed by atoms with Gasteiger partial charge in [-0.1, -0.05) is 30.7 Å². The molecule has 1 aliphatic heterocycles. The molecule has 2 atom stereocenters. The van der Waals surface area contributed by atoms with E-state index in [0.717, 1.165) is 4.90 Å². The van der Waals surface area contributed by atoms with Crippen molar-refractivity contribution in [3.63, 3.8) is 0 Å². The van der Waals surface area contributed by atoms with E-state index >= 15 is 0 Å². The van der Waals surface area contributed by atoms with Crippen molar-refractivity contribution in [1.82, 2.24) is 10.2 Å². The SMILES string of the molecule is CC[C@]1(c2ccc(F)cc2)NC(=O)N(CC(O)COc2ccc(Cl)cc2)C1=O. The number of urea groups is 1. The second kappa shape index (κ2) is 8.16. The highest BCUT2D eigenvalue weighted by atomic mass is 35.5. The summed E-state index contributed by atoms with van der Waals surface area (Å²) >= 11 is 5.81. The van der Waals surface area contributed by atoms with Crippen LogP contribution in [0.5, 0.6) is 5.75 Å². The molecule has 0 saturated carbocycles. The number of carbonyl (C=O) groups is 2. The second-order valence-electron chi connectivity index (χ2n) is 6.53. The van der Waals surface area contributed by atoms with E-state index in [1.807, 2.05) is 0 Å². The van der Waals surface area contributed by atoms with Gasteiger partial charge < -0.3 is 15.2 Å². The maximum atomic E-state index is 13.2. The van der Waals surface area contributed by atoms with E-state index in [9.17, 15) is 19.1 Å². The van der Waals surface area contributed by atoms with Gasteiger partial charge in [-0.3, -0.25) is 9.69 Å². The minimum Gasteiger partial charge on any atom is -0.491 e. The van der Waals surface area contributed by atoms with Crippen molar-refractivity contribution in [2.24, 2.45) is 0 Å². The quantitative estimate of drug-likeness (QED) is 0.692. The van der Waals surface area contributed by atoms with Crippen molar-refractivity contribution in [2.45, 2.75) is 25.0 Å². The van der Waals surface area contributed by atoms with Gasteiger partial charge >= 0.3 is 6.03 Å². The molecular formula is C20H20ClFN2O4. The number of aliphatic hydroxyl groups excluding tert-OH is 1. The van der Waals surface area contributed by atoms with Gasteiger partial charge in [-0.15, -0.1) is 0 Å². The summed E-state index contributed by atoms with van der Waals surface area (Å²) in [6.07, 6.45) is -0.789. The number of benzene rings is 2. The van der Waals surface area contributed by atoms with Gasteiger partial charge in [-0.05, 0) is 48.4 Å². The molecular weight excluding hydrogens is 387 g/mol. The van der Waals surface area contributed by atoms with Gasteiger partial charge in [0.2, 0.25) is 0 Å². The van der Waals surface area contributed by atoms with Gasteiger partial charge in [0.1, 0.15) is 29.8 Å². The highest BCUT2D eigenvalue weighted by Gasteiger charge is 2.51. The lowest BCUT2D eigenvalue weighted by atomic mass is 9.87. The third-order valence-corrected chi connectivity index (χ3v) is 4.94. The fraction of sp³-hybridized carbons (Fsp3) is 0.300. The molecule has 0 spiro atoms. The number of carbonyl (C=O) groups excluding carboxylic acids is 2. The lowest BCUT2D eigenvalue weighted by Gasteiger charge is -2.26. The average molecular weight is 407 g/mol. The molecule has 1 unspecified atom stereocenters. The van der Waals surface area contributed by atoms with Crippen LogP contribution in [0.4, 0.5) is 9.18 Å². The second-order valence-corrected chi connectivity index (χ2v) is 6.97. The van der Waals surface area contributed by atoms with Gasteiger partial charge in [-0.2, -0.15) is 0 Å². The number of halogens is 2. The van der Waals surface area contributed by atoms with Gasteiger partial charge in [0, 0.05) is 5.02 Å². The fourth-order valence-corrected chi connectivity index (χ4v) is 3.28. The Balaban J connectivity index is 1.68. The maximum absolute atomic E-state index is 13.2. The Labute approximate surface area is 166 Å². The smallest absolute Gasteiger partial charge is 0.325 e. The van der Waals surface area contributed by atoms with Crippen molar-refractivity contribution >= 4 is 23.5 Å². The van der Waals surface area contributed by atoms with Crippen LogP contribution in [-0.4, -0.2) is 41.2 Å². The Morgan fingerprint density at radius 2 is 1.82 bits per heavy atom. The molecule has 0 aliphatic carbocycles. The molecule has 3 rings (SSSR count). The van der Waals surface area contributed by atoms with E-state index in [2.05, 4.69) is 5.32 Å². The largest absolute Gasteiger partial charge is 0.491 e. The number of rotatable bonds is 7. The molecule has 8 heteroatoms. The summed E-state index contributed by atoms with van der Waals surface area (Å²) < 4.78 is 18.7. The number of amides is 3. The lowest BCUT2D eigenvalue weighted by molar-refractivity contribution is -0.132. The van der Waals surface area contributed by atoms with Crippen LogP contribution in [-0.2, 0) is 10.3 Å². The number of hydrogen-bond donors (Lipinski definition) is 2.